The number of nitrogens with zero attached hydrogens (tertiary/aromatic N) is 2. The third-order valence-electron chi connectivity index (χ3n) is 6.23. The Morgan fingerprint density at radius 1 is 1.09 bits per heavy atom. The van der Waals surface area contributed by atoms with Gasteiger partial charge in [-0.25, -0.2) is 4.79 Å². The first kappa shape index (κ1) is 23.1. The molecule has 1 N–H and O–H groups in total. The third-order valence-corrected chi connectivity index (χ3v) is 6.56. The van der Waals surface area contributed by atoms with Crippen LogP contribution in [0.3, 0.4) is 0 Å². The summed E-state index contributed by atoms with van der Waals surface area (Å²) in [5.41, 5.74) is 2.24. The summed E-state index contributed by atoms with van der Waals surface area (Å²) >= 11 is 6.44. The zero-order chi connectivity index (χ0) is 23.8. The van der Waals surface area contributed by atoms with Crippen LogP contribution in [0.5, 0.6) is 0 Å². The monoisotopic (exact) mass is 465 g/mol. The normalized spacial score (nSPS) is 21.9. The van der Waals surface area contributed by atoms with Gasteiger partial charge in [0.15, 0.2) is 0 Å². The molecule has 3 atom stereocenters. The van der Waals surface area contributed by atoms with Crippen molar-refractivity contribution in [2.45, 2.75) is 70.2 Å². The zero-order valence-corrected chi connectivity index (χ0v) is 19.9. The van der Waals surface area contributed by atoms with Gasteiger partial charge in [-0.15, -0.1) is 0 Å². The summed E-state index contributed by atoms with van der Waals surface area (Å²) in [4.78, 5) is 27.7. The van der Waals surface area contributed by atoms with Crippen molar-refractivity contribution < 1.29 is 14.3 Å². The molecule has 33 heavy (non-hydrogen) atoms. The van der Waals surface area contributed by atoms with Gasteiger partial charge in [0.05, 0.1) is 11.6 Å². The highest BCUT2D eigenvalue weighted by atomic mass is 35.5. The van der Waals surface area contributed by atoms with Crippen LogP contribution in [0.1, 0.15) is 62.4 Å². The molecule has 2 heterocycles. The van der Waals surface area contributed by atoms with E-state index in [0.717, 1.165) is 36.8 Å². The van der Waals surface area contributed by atoms with Crippen LogP contribution in [0.2, 0.25) is 5.02 Å². The summed E-state index contributed by atoms with van der Waals surface area (Å²) in [6.45, 7) is 5.53. The average molecular weight is 466 g/mol. The van der Waals surface area contributed by atoms with Crippen LogP contribution in [-0.2, 0) is 4.74 Å². The number of rotatable bonds is 3. The van der Waals surface area contributed by atoms with Gasteiger partial charge in [0.2, 0.25) is 0 Å². The molecular formula is C26H28ClN3O3. The van der Waals surface area contributed by atoms with E-state index in [9.17, 15) is 9.59 Å². The number of alkyl carbamates (subject to hydrolysis) is 1. The Balaban J connectivity index is 1.49. The van der Waals surface area contributed by atoms with E-state index in [1.807, 2.05) is 43.9 Å². The lowest BCUT2D eigenvalue weighted by Gasteiger charge is -2.39. The lowest BCUT2D eigenvalue weighted by Crippen LogP contribution is -2.53. The van der Waals surface area contributed by atoms with Crippen molar-refractivity contribution in [3.05, 3.63) is 58.6 Å². The van der Waals surface area contributed by atoms with Crippen LogP contribution in [0.4, 0.5) is 4.79 Å². The lowest BCUT2D eigenvalue weighted by atomic mass is 9.95. The molecular weight excluding hydrogens is 438 g/mol. The van der Waals surface area contributed by atoms with Gasteiger partial charge in [0.25, 0.3) is 5.91 Å². The average Bonchev–Trinajstić information content (AvgIpc) is 3.02. The Kier molecular flexibility index (Phi) is 6.36. The van der Waals surface area contributed by atoms with Crippen LogP contribution >= 0.6 is 11.6 Å². The fraction of sp³-hybridized carbons (Fsp3) is 0.423. The van der Waals surface area contributed by atoms with Gasteiger partial charge >= 0.3 is 6.09 Å². The summed E-state index contributed by atoms with van der Waals surface area (Å²) in [5.74, 6) is -0.00946. The van der Waals surface area contributed by atoms with Gasteiger partial charge in [-0.05, 0) is 82.3 Å². The van der Waals surface area contributed by atoms with Gasteiger partial charge in [0, 0.05) is 34.3 Å². The van der Waals surface area contributed by atoms with Crippen LogP contribution in [0.15, 0.2) is 42.5 Å². The van der Waals surface area contributed by atoms with E-state index >= 15 is 0 Å². The molecule has 2 bridgehead atoms. The maximum absolute atomic E-state index is 13.5. The molecule has 172 valence electrons. The second-order valence-corrected chi connectivity index (χ2v) is 10.2. The Bertz CT molecular complexity index is 1090. The van der Waals surface area contributed by atoms with Gasteiger partial charge in [0.1, 0.15) is 5.60 Å². The van der Waals surface area contributed by atoms with E-state index in [2.05, 4.69) is 11.4 Å². The van der Waals surface area contributed by atoms with Crippen molar-refractivity contribution in [1.82, 2.24) is 10.2 Å². The molecule has 2 aliphatic rings. The predicted octanol–water partition coefficient (Wildman–Crippen LogP) is 5.54. The molecule has 6 nitrogen and oxygen atoms in total. The quantitative estimate of drug-likeness (QED) is 0.645. The maximum atomic E-state index is 13.5. The molecule has 0 spiro atoms. The number of hydrogen-bond acceptors (Lipinski definition) is 4. The number of benzene rings is 2. The molecule has 0 aliphatic carbocycles. The van der Waals surface area contributed by atoms with E-state index in [4.69, 9.17) is 21.6 Å². The molecule has 0 saturated carbocycles. The first-order valence-electron chi connectivity index (χ1n) is 11.3. The first-order chi connectivity index (χ1) is 15.6. The number of carbonyl (C=O) groups excluding carboxylic acids is 2. The summed E-state index contributed by atoms with van der Waals surface area (Å²) < 4.78 is 5.40. The molecule has 0 aromatic heterocycles. The number of carbonyl (C=O) groups is 2. The Morgan fingerprint density at radius 2 is 1.73 bits per heavy atom. The van der Waals surface area contributed by atoms with Crippen molar-refractivity contribution in [2.24, 2.45) is 0 Å². The smallest absolute Gasteiger partial charge is 0.407 e. The van der Waals surface area contributed by atoms with Crippen molar-refractivity contribution >= 4 is 23.6 Å². The minimum atomic E-state index is -0.541. The summed E-state index contributed by atoms with van der Waals surface area (Å²) in [6.07, 6.45) is 2.89. The molecule has 0 unspecified atom stereocenters. The van der Waals surface area contributed by atoms with E-state index in [1.165, 1.54) is 0 Å². The maximum Gasteiger partial charge on any atom is 0.407 e. The number of piperidine rings is 1. The third kappa shape index (κ3) is 5.15. The van der Waals surface area contributed by atoms with Crippen molar-refractivity contribution in [2.75, 3.05) is 0 Å². The molecule has 2 amide bonds. The topological polar surface area (TPSA) is 82.4 Å². The molecule has 2 aliphatic heterocycles. The number of amides is 2. The Hall–Kier alpha value is -3.04. The SMILES string of the molecule is CC(C)(C)OC(=O)N[C@@H]1C[C@H]2CC[C@@H](C1)N2C(=O)c1ccc(Cl)c(-c2ccc(C#N)cc2)c1. The molecule has 2 aromatic carbocycles. The highest BCUT2D eigenvalue weighted by Crippen LogP contribution is 2.38. The minimum Gasteiger partial charge on any atom is -0.444 e. The van der Waals surface area contributed by atoms with E-state index < -0.39 is 11.7 Å². The predicted molar refractivity (Wildman–Crippen MR) is 127 cm³/mol. The number of halogens is 1. The first-order valence-corrected chi connectivity index (χ1v) is 11.6. The van der Waals surface area contributed by atoms with Gasteiger partial charge in [-0.1, -0.05) is 23.7 Å². The number of hydrogen-bond donors (Lipinski definition) is 1. The highest BCUT2D eigenvalue weighted by Gasteiger charge is 2.44. The zero-order valence-electron chi connectivity index (χ0n) is 19.1. The van der Waals surface area contributed by atoms with Gasteiger partial charge in [-0.3, -0.25) is 4.79 Å². The minimum absolute atomic E-state index is 0.000766. The van der Waals surface area contributed by atoms with Crippen LogP contribution in [0.25, 0.3) is 11.1 Å². The van der Waals surface area contributed by atoms with Crippen molar-refractivity contribution in [1.29, 1.82) is 5.26 Å². The van der Waals surface area contributed by atoms with Gasteiger partial charge in [-0.2, -0.15) is 5.26 Å². The lowest BCUT2D eigenvalue weighted by molar-refractivity contribution is 0.0418. The largest absolute Gasteiger partial charge is 0.444 e. The van der Waals surface area contributed by atoms with E-state index in [-0.39, 0.29) is 24.0 Å². The highest BCUT2D eigenvalue weighted by molar-refractivity contribution is 6.33. The van der Waals surface area contributed by atoms with Crippen LogP contribution < -0.4 is 5.32 Å². The Labute approximate surface area is 199 Å². The number of nitriles is 1. The molecule has 4 rings (SSSR count). The molecule has 2 fully saturated rings. The van der Waals surface area contributed by atoms with Crippen LogP contribution in [0, 0.1) is 11.3 Å². The van der Waals surface area contributed by atoms with Gasteiger partial charge < -0.3 is 15.0 Å². The van der Waals surface area contributed by atoms with Crippen molar-refractivity contribution in [3.63, 3.8) is 0 Å². The fourth-order valence-corrected chi connectivity index (χ4v) is 5.08. The standard InChI is InChI=1S/C26H28ClN3O3/c1-26(2,3)33-25(32)29-19-13-20-9-10-21(14-19)30(20)24(31)18-8-11-23(27)22(12-18)17-6-4-16(15-28)5-7-17/h4-8,11-12,19-21H,9-10,13-14H2,1-3H3,(H,29,32)/t19-,20-,21+. The van der Waals surface area contributed by atoms with E-state index in [1.54, 1.807) is 24.3 Å². The second kappa shape index (κ2) is 9.07. The molecule has 7 heteroatoms. The van der Waals surface area contributed by atoms with Crippen LogP contribution in [-0.4, -0.2) is 40.6 Å². The molecule has 2 aromatic rings. The number of ether oxygens (including phenoxy) is 1. The Morgan fingerprint density at radius 3 is 2.30 bits per heavy atom. The van der Waals surface area contributed by atoms with E-state index in [0.29, 0.717) is 16.1 Å². The summed E-state index contributed by atoms with van der Waals surface area (Å²) in [5, 5.41) is 12.6. The molecule has 2 saturated heterocycles. The summed E-state index contributed by atoms with van der Waals surface area (Å²) in [6, 6.07) is 14.8. The number of nitrogens with one attached hydrogen (secondary N) is 1. The fourth-order valence-electron chi connectivity index (χ4n) is 4.85. The summed E-state index contributed by atoms with van der Waals surface area (Å²) in [7, 11) is 0. The molecule has 0 radical (unpaired) electrons. The van der Waals surface area contributed by atoms with Crippen molar-refractivity contribution in [3.8, 4) is 17.2 Å². The second-order valence-electron chi connectivity index (χ2n) is 9.80. The number of fused-ring (bicyclic) bond motifs is 2.